The van der Waals surface area contributed by atoms with E-state index < -0.39 is 16.0 Å². The summed E-state index contributed by atoms with van der Waals surface area (Å²) in [5, 5.41) is 14.4. The van der Waals surface area contributed by atoms with Gasteiger partial charge in [0.1, 0.15) is 9.92 Å². The van der Waals surface area contributed by atoms with Crippen LogP contribution in [0.1, 0.15) is 25.3 Å². The molecule has 0 amide bonds. The normalized spacial score (nSPS) is 14.3. The van der Waals surface area contributed by atoms with E-state index in [1.165, 1.54) is 31.9 Å². The molecule has 1 fully saturated rings. The first-order valence-corrected chi connectivity index (χ1v) is 15.1. The van der Waals surface area contributed by atoms with E-state index in [1.807, 2.05) is 19.1 Å². The van der Waals surface area contributed by atoms with E-state index in [1.54, 1.807) is 18.2 Å². The maximum Gasteiger partial charge on any atom is 0.303 e. The van der Waals surface area contributed by atoms with Crippen LogP contribution in [0.2, 0.25) is 5.02 Å². The zero-order valence-corrected chi connectivity index (χ0v) is 25.4. The van der Waals surface area contributed by atoms with Gasteiger partial charge in [-0.25, -0.2) is 17.7 Å². The van der Waals surface area contributed by atoms with Crippen LogP contribution < -0.4 is 10.6 Å². The van der Waals surface area contributed by atoms with Gasteiger partial charge < -0.3 is 20.6 Å². The Labute approximate surface area is 247 Å². The number of nitrogens with zero attached hydrogens (tertiary/aromatic N) is 5. The molecule has 1 saturated heterocycles. The lowest BCUT2D eigenvalue weighted by Crippen LogP contribution is -2.43. The molecule has 13 heteroatoms. The van der Waals surface area contributed by atoms with Crippen LogP contribution in [-0.4, -0.2) is 90.9 Å². The molecule has 1 aliphatic rings. The Morgan fingerprint density at radius 3 is 2.29 bits per heavy atom. The summed E-state index contributed by atoms with van der Waals surface area (Å²) in [4.78, 5) is 23.3. The Hall–Kier alpha value is -3.29. The number of hydrogen-bond donors (Lipinski definition) is 3. The van der Waals surface area contributed by atoms with Gasteiger partial charge in [0, 0.05) is 58.9 Å². The Kier molecular flexibility index (Phi) is 11.9. The molecule has 3 aromatic rings. The Morgan fingerprint density at radius 1 is 1.05 bits per heavy atom. The highest BCUT2D eigenvalue weighted by Crippen LogP contribution is 2.29. The topological polar surface area (TPSA) is 131 Å². The van der Waals surface area contributed by atoms with Crippen molar-refractivity contribution < 1.29 is 18.3 Å². The molecule has 0 saturated carbocycles. The van der Waals surface area contributed by atoms with Crippen molar-refractivity contribution in [2.45, 2.75) is 31.2 Å². The molecule has 0 atom stereocenters. The summed E-state index contributed by atoms with van der Waals surface area (Å²) in [5.74, 6) is -0.0635. The highest BCUT2D eigenvalue weighted by atomic mass is 35.5. The highest BCUT2D eigenvalue weighted by Gasteiger charge is 2.22. The lowest BCUT2D eigenvalue weighted by molar-refractivity contribution is -0.137. The lowest BCUT2D eigenvalue weighted by Gasteiger charge is -2.32. The first-order chi connectivity index (χ1) is 19.5. The monoisotopic (exact) mass is 603 g/mol. The van der Waals surface area contributed by atoms with Gasteiger partial charge >= 0.3 is 5.97 Å². The fraction of sp³-hybridized carbons (Fsp3) is 0.393. The number of anilines is 4. The van der Waals surface area contributed by atoms with Gasteiger partial charge in [0.15, 0.2) is 5.82 Å². The number of hydrogen-bond acceptors (Lipinski definition) is 9. The zero-order chi connectivity index (χ0) is 30.0. The van der Waals surface area contributed by atoms with Gasteiger partial charge in [-0.15, -0.1) is 0 Å². The molecule has 0 bridgehead atoms. The molecular weight excluding hydrogens is 566 g/mol. The minimum Gasteiger partial charge on any atom is -0.481 e. The quantitative estimate of drug-likeness (QED) is 0.305. The number of halogens is 1. The number of aromatic nitrogens is 2. The Bertz CT molecular complexity index is 1400. The van der Waals surface area contributed by atoms with Crippen LogP contribution >= 0.6 is 11.6 Å². The second kappa shape index (κ2) is 15.1. The minimum atomic E-state index is -3.65. The number of sulfonamides is 1. The maximum absolute atomic E-state index is 12.7. The van der Waals surface area contributed by atoms with E-state index in [9.17, 15) is 13.2 Å². The van der Waals surface area contributed by atoms with Crippen molar-refractivity contribution in [3.05, 3.63) is 65.3 Å². The average molecular weight is 604 g/mol. The van der Waals surface area contributed by atoms with Gasteiger partial charge in [-0.05, 0) is 43.3 Å². The molecule has 1 aliphatic heterocycles. The first-order valence-electron chi connectivity index (χ1n) is 13.3. The van der Waals surface area contributed by atoms with E-state index in [2.05, 4.69) is 49.6 Å². The summed E-state index contributed by atoms with van der Waals surface area (Å²) in [6, 6.07) is 14.8. The van der Waals surface area contributed by atoms with Gasteiger partial charge in [-0.2, -0.15) is 4.98 Å². The number of carboxylic acids is 1. The smallest absolute Gasteiger partial charge is 0.303 e. The SMILES string of the molecule is CCCC(=O)O.CN1CCN(Cc2ccc(Nc3ncc(Cl)c(Nc4ccccc4S(=O)(=O)N(C)C)n3)cc2)CC1. The molecule has 41 heavy (non-hydrogen) atoms. The summed E-state index contributed by atoms with van der Waals surface area (Å²) in [7, 11) is 1.48. The molecule has 222 valence electrons. The molecule has 4 rings (SSSR count). The van der Waals surface area contributed by atoms with E-state index in [4.69, 9.17) is 16.7 Å². The van der Waals surface area contributed by atoms with Crippen LogP contribution in [-0.2, 0) is 21.4 Å². The minimum absolute atomic E-state index is 0.130. The van der Waals surface area contributed by atoms with Crippen molar-refractivity contribution in [3.63, 3.8) is 0 Å². The number of nitrogens with one attached hydrogen (secondary N) is 2. The number of piperazine rings is 1. The highest BCUT2D eigenvalue weighted by molar-refractivity contribution is 7.89. The van der Waals surface area contributed by atoms with Crippen LogP contribution in [0.25, 0.3) is 0 Å². The summed E-state index contributed by atoms with van der Waals surface area (Å²) >= 11 is 6.32. The number of rotatable bonds is 10. The van der Waals surface area contributed by atoms with Crippen molar-refractivity contribution in [1.82, 2.24) is 24.1 Å². The number of carboxylic acid groups (broad SMARTS) is 1. The van der Waals surface area contributed by atoms with Crippen molar-refractivity contribution >= 4 is 50.7 Å². The standard InChI is InChI=1S/C24H30ClN7O2S.C4H8O2/c1-30(2)35(33,34)22-7-5-4-6-21(22)28-23-20(25)16-26-24(29-23)27-19-10-8-18(9-11-19)17-32-14-12-31(3)13-15-32;1-2-3-4(5)6/h4-11,16H,12-15,17H2,1-3H3,(H2,26,27,28,29);2-3H2,1H3,(H,5,6). The van der Waals surface area contributed by atoms with E-state index in [-0.39, 0.29) is 9.92 Å². The largest absolute Gasteiger partial charge is 0.481 e. The van der Waals surface area contributed by atoms with Crippen LogP contribution in [0.5, 0.6) is 0 Å². The van der Waals surface area contributed by atoms with Crippen LogP contribution in [0.4, 0.5) is 23.1 Å². The average Bonchev–Trinajstić information content (AvgIpc) is 2.93. The number of aliphatic carboxylic acids is 1. The zero-order valence-electron chi connectivity index (χ0n) is 23.8. The first kappa shape index (κ1) is 32.2. The van der Waals surface area contributed by atoms with Gasteiger partial charge in [0.05, 0.1) is 11.9 Å². The van der Waals surface area contributed by atoms with E-state index >= 15 is 0 Å². The molecule has 1 aromatic heterocycles. The molecule has 0 unspecified atom stereocenters. The van der Waals surface area contributed by atoms with Gasteiger partial charge in [0.25, 0.3) is 0 Å². The molecule has 0 spiro atoms. The van der Waals surface area contributed by atoms with Gasteiger partial charge in [0.2, 0.25) is 16.0 Å². The Morgan fingerprint density at radius 2 is 1.71 bits per heavy atom. The predicted octanol–water partition coefficient (Wildman–Crippen LogP) is 4.49. The molecule has 2 aromatic carbocycles. The van der Waals surface area contributed by atoms with Gasteiger partial charge in [-0.3, -0.25) is 9.69 Å². The second-order valence-electron chi connectivity index (χ2n) is 9.84. The lowest BCUT2D eigenvalue weighted by atomic mass is 10.2. The van der Waals surface area contributed by atoms with Crippen molar-refractivity contribution in [2.75, 3.05) is 58.0 Å². The van der Waals surface area contributed by atoms with E-state index in [0.717, 1.165) is 49.1 Å². The fourth-order valence-corrected chi connectivity index (χ4v) is 5.11. The molecule has 0 radical (unpaired) electrons. The van der Waals surface area contributed by atoms with Crippen molar-refractivity contribution in [2.24, 2.45) is 0 Å². The van der Waals surface area contributed by atoms with Crippen LogP contribution in [0, 0.1) is 0 Å². The summed E-state index contributed by atoms with van der Waals surface area (Å²) < 4.78 is 26.6. The third-order valence-corrected chi connectivity index (χ3v) is 8.47. The molecule has 2 heterocycles. The number of carbonyl (C=O) groups is 1. The maximum atomic E-state index is 12.7. The summed E-state index contributed by atoms with van der Waals surface area (Å²) in [6.45, 7) is 7.10. The third-order valence-electron chi connectivity index (χ3n) is 6.32. The van der Waals surface area contributed by atoms with Crippen molar-refractivity contribution in [1.29, 1.82) is 0 Å². The molecule has 11 nitrogen and oxygen atoms in total. The number of para-hydroxylation sites is 1. The summed E-state index contributed by atoms with van der Waals surface area (Å²) in [6.07, 6.45) is 2.50. The fourth-order valence-electron chi connectivity index (χ4n) is 3.93. The molecule has 0 aliphatic carbocycles. The van der Waals surface area contributed by atoms with Crippen LogP contribution in [0.3, 0.4) is 0 Å². The summed E-state index contributed by atoms with van der Waals surface area (Å²) in [5.41, 5.74) is 2.47. The van der Waals surface area contributed by atoms with E-state index in [0.29, 0.717) is 23.9 Å². The third kappa shape index (κ3) is 9.65. The number of likely N-dealkylation sites (N-methyl/N-ethyl adjacent to an activating group) is 1. The molecular formula is C28H38ClN7O4S. The molecule has 3 N–H and O–H groups in total. The Balaban J connectivity index is 0.000000696. The van der Waals surface area contributed by atoms with Crippen molar-refractivity contribution in [3.8, 4) is 0 Å². The second-order valence-corrected chi connectivity index (χ2v) is 12.4. The number of benzene rings is 2. The van der Waals surface area contributed by atoms with Gasteiger partial charge in [-0.1, -0.05) is 42.8 Å². The van der Waals surface area contributed by atoms with Crippen LogP contribution in [0.15, 0.2) is 59.6 Å². The predicted molar refractivity (Wildman–Crippen MR) is 163 cm³/mol.